The van der Waals surface area contributed by atoms with E-state index in [2.05, 4.69) is 0 Å². The zero-order valence-electron chi connectivity index (χ0n) is 7.88. The SMILES string of the molecule is CC(C(=O)O)(c1ccccc1)C(F)(F)F. The molecule has 1 aromatic carbocycles. The molecule has 0 radical (unpaired) electrons. The number of carboxylic acids is 1. The normalized spacial score (nSPS) is 15.7. The molecule has 0 bridgehead atoms. The molecule has 1 unspecified atom stereocenters. The van der Waals surface area contributed by atoms with Crippen molar-refractivity contribution < 1.29 is 23.1 Å². The lowest BCUT2D eigenvalue weighted by atomic mass is 9.82. The number of hydrogen-bond acceptors (Lipinski definition) is 1. The Morgan fingerprint density at radius 2 is 1.67 bits per heavy atom. The third-order valence-electron chi connectivity index (χ3n) is 2.35. The van der Waals surface area contributed by atoms with Gasteiger partial charge in [-0.05, 0) is 12.5 Å². The maximum Gasteiger partial charge on any atom is 0.408 e. The van der Waals surface area contributed by atoms with Gasteiger partial charge in [-0.3, -0.25) is 4.79 Å². The summed E-state index contributed by atoms with van der Waals surface area (Å²) in [5.41, 5.74) is -3.13. The lowest BCUT2D eigenvalue weighted by molar-refractivity contribution is -0.201. The van der Waals surface area contributed by atoms with Crippen LogP contribution < -0.4 is 0 Å². The van der Waals surface area contributed by atoms with Gasteiger partial charge in [0.1, 0.15) is 0 Å². The lowest BCUT2D eigenvalue weighted by Gasteiger charge is -2.27. The molecule has 1 atom stereocenters. The van der Waals surface area contributed by atoms with Gasteiger partial charge in [-0.2, -0.15) is 13.2 Å². The fraction of sp³-hybridized carbons (Fsp3) is 0.300. The van der Waals surface area contributed by atoms with Gasteiger partial charge in [-0.15, -0.1) is 0 Å². The highest BCUT2D eigenvalue weighted by Crippen LogP contribution is 2.40. The molecule has 0 saturated carbocycles. The van der Waals surface area contributed by atoms with Gasteiger partial charge in [-0.1, -0.05) is 30.3 Å². The summed E-state index contributed by atoms with van der Waals surface area (Å²) in [5, 5.41) is 8.70. The van der Waals surface area contributed by atoms with Crippen molar-refractivity contribution in [1.82, 2.24) is 0 Å². The first-order valence-corrected chi connectivity index (χ1v) is 4.16. The minimum Gasteiger partial charge on any atom is -0.480 e. The van der Waals surface area contributed by atoms with Crippen molar-refractivity contribution in [2.45, 2.75) is 18.5 Å². The quantitative estimate of drug-likeness (QED) is 0.828. The highest BCUT2D eigenvalue weighted by atomic mass is 19.4. The molecule has 82 valence electrons. The number of alkyl halides is 3. The van der Waals surface area contributed by atoms with Gasteiger partial charge in [-0.25, -0.2) is 0 Å². The second kappa shape index (κ2) is 3.56. The topological polar surface area (TPSA) is 37.3 Å². The smallest absolute Gasteiger partial charge is 0.408 e. The number of halogens is 3. The summed E-state index contributed by atoms with van der Waals surface area (Å²) in [6.07, 6.45) is -4.82. The van der Waals surface area contributed by atoms with Gasteiger partial charge in [0.05, 0.1) is 0 Å². The summed E-state index contributed by atoms with van der Waals surface area (Å²) in [7, 11) is 0. The van der Waals surface area contributed by atoms with E-state index in [4.69, 9.17) is 5.11 Å². The van der Waals surface area contributed by atoms with Crippen molar-refractivity contribution in [3.63, 3.8) is 0 Å². The van der Waals surface area contributed by atoms with Crippen LogP contribution in [0.3, 0.4) is 0 Å². The van der Waals surface area contributed by atoms with E-state index in [1.54, 1.807) is 0 Å². The first kappa shape index (κ1) is 11.6. The molecule has 2 nitrogen and oxygen atoms in total. The van der Waals surface area contributed by atoms with Crippen LogP contribution in [-0.2, 0) is 10.2 Å². The van der Waals surface area contributed by atoms with E-state index >= 15 is 0 Å². The number of carboxylic acid groups (broad SMARTS) is 1. The second-order valence-corrected chi connectivity index (χ2v) is 3.29. The number of carbonyl (C=O) groups is 1. The Labute approximate surface area is 84.3 Å². The Morgan fingerprint density at radius 3 is 2.00 bits per heavy atom. The molecular weight excluding hydrogens is 209 g/mol. The van der Waals surface area contributed by atoms with Crippen molar-refractivity contribution in [2.75, 3.05) is 0 Å². The van der Waals surface area contributed by atoms with Crippen molar-refractivity contribution in [3.8, 4) is 0 Å². The van der Waals surface area contributed by atoms with E-state index in [9.17, 15) is 18.0 Å². The zero-order chi connectivity index (χ0) is 11.7. The van der Waals surface area contributed by atoms with Crippen LogP contribution in [0.2, 0.25) is 0 Å². The van der Waals surface area contributed by atoms with Gasteiger partial charge < -0.3 is 5.11 Å². The van der Waals surface area contributed by atoms with Crippen molar-refractivity contribution in [2.24, 2.45) is 0 Å². The molecule has 0 heterocycles. The standard InChI is InChI=1S/C10H9F3O2/c1-9(8(14)15,10(11,12)13)7-5-3-2-4-6-7/h2-6H,1H3,(H,14,15). The first-order chi connectivity index (χ1) is 6.80. The van der Waals surface area contributed by atoms with Crippen LogP contribution in [0, 0.1) is 0 Å². The van der Waals surface area contributed by atoms with Crippen LogP contribution >= 0.6 is 0 Å². The molecule has 0 aromatic heterocycles. The first-order valence-electron chi connectivity index (χ1n) is 4.16. The number of aliphatic carboxylic acids is 1. The largest absolute Gasteiger partial charge is 0.480 e. The van der Waals surface area contributed by atoms with E-state index in [1.165, 1.54) is 18.2 Å². The van der Waals surface area contributed by atoms with Crippen LogP contribution in [0.1, 0.15) is 12.5 Å². The van der Waals surface area contributed by atoms with Crippen LogP contribution in [0.25, 0.3) is 0 Å². The molecule has 15 heavy (non-hydrogen) atoms. The fourth-order valence-electron chi connectivity index (χ4n) is 1.18. The zero-order valence-corrected chi connectivity index (χ0v) is 7.88. The second-order valence-electron chi connectivity index (χ2n) is 3.29. The van der Waals surface area contributed by atoms with E-state index in [1.807, 2.05) is 0 Å². The molecule has 5 heteroatoms. The molecule has 1 rings (SSSR count). The van der Waals surface area contributed by atoms with Crippen LogP contribution in [-0.4, -0.2) is 17.3 Å². The number of rotatable bonds is 2. The summed E-state index contributed by atoms with van der Waals surface area (Å²) in [4.78, 5) is 10.7. The Kier molecular flexibility index (Phi) is 2.75. The third-order valence-corrected chi connectivity index (χ3v) is 2.35. The molecule has 0 amide bonds. The maximum absolute atomic E-state index is 12.7. The lowest BCUT2D eigenvalue weighted by Crippen LogP contribution is -2.46. The Morgan fingerprint density at radius 1 is 1.20 bits per heavy atom. The minimum atomic E-state index is -4.82. The molecule has 0 aliphatic carbocycles. The van der Waals surface area contributed by atoms with E-state index in [0.29, 0.717) is 6.92 Å². The summed E-state index contributed by atoms with van der Waals surface area (Å²) in [6.45, 7) is 0.657. The van der Waals surface area contributed by atoms with E-state index < -0.39 is 17.6 Å². The van der Waals surface area contributed by atoms with Gasteiger partial charge in [0.2, 0.25) is 0 Å². The average Bonchev–Trinajstić information content (AvgIpc) is 2.16. The predicted octanol–water partition coefficient (Wildman–Crippen LogP) is 2.59. The monoisotopic (exact) mass is 218 g/mol. The molecule has 0 spiro atoms. The van der Waals surface area contributed by atoms with Crippen LogP contribution in [0.5, 0.6) is 0 Å². The van der Waals surface area contributed by atoms with Gasteiger partial charge >= 0.3 is 12.1 Å². The van der Waals surface area contributed by atoms with Crippen molar-refractivity contribution in [1.29, 1.82) is 0 Å². The summed E-state index contributed by atoms with van der Waals surface area (Å²) >= 11 is 0. The van der Waals surface area contributed by atoms with Crippen molar-refractivity contribution >= 4 is 5.97 Å². The fourth-order valence-corrected chi connectivity index (χ4v) is 1.18. The van der Waals surface area contributed by atoms with Crippen LogP contribution in [0.4, 0.5) is 13.2 Å². The van der Waals surface area contributed by atoms with E-state index in [-0.39, 0.29) is 5.56 Å². The summed E-state index contributed by atoms with van der Waals surface area (Å²) < 4.78 is 38.0. The maximum atomic E-state index is 12.7. The molecule has 0 aliphatic heterocycles. The Hall–Kier alpha value is -1.52. The molecule has 1 aromatic rings. The highest BCUT2D eigenvalue weighted by molar-refractivity contribution is 5.82. The minimum absolute atomic E-state index is 0.273. The third kappa shape index (κ3) is 1.82. The predicted molar refractivity (Wildman–Crippen MR) is 47.5 cm³/mol. The summed E-state index contributed by atoms with van der Waals surface area (Å²) in [6, 6.07) is 6.59. The molecule has 0 saturated heterocycles. The Bertz CT molecular complexity index is 359. The van der Waals surface area contributed by atoms with Gasteiger partial charge in [0.15, 0.2) is 5.41 Å². The molecule has 1 N–H and O–H groups in total. The number of hydrogen-bond donors (Lipinski definition) is 1. The van der Waals surface area contributed by atoms with Gasteiger partial charge in [0, 0.05) is 0 Å². The summed E-state index contributed by atoms with van der Waals surface area (Å²) in [5.74, 6) is -1.90. The average molecular weight is 218 g/mol. The van der Waals surface area contributed by atoms with Crippen LogP contribution in [0.15, 0.2) is 30.3 Å². The highest BCUT2D eigenvalue weighted by Gasteiger charge is 2.58. The molecule has 0 aliphatic rings. The van der Waals surface area contributed by atoms with E-state index in [0.717, 1.165) is 12.1 Å². The molecular formula is C10H9F3O2. The molecule has 0 fully saturated rings. The Balaban J connectivity index is 3.32. The van der Waals surface area contributed by atoms with Gasteiger partial charge in [0.25, 0.3) is 0 Å². The van der Waals surface area contributed by atoms with Crippen molar-refractivity contribution in [3.05, 3.63) is 35.9 Å². The number of benzene rings is 1.